The fourth-order valence-corrected chi connectivity index (χ4v) is 1.11. The molecule has 1 heterocycles. The summed E-state index contributed by atoms with van der Waals surface area (Å²) in [5.74, 6) is -1.30. The molecule has 0 saturated carbocycles. The Hall–Kier alpha value is -2.18. The van der Waals surface area contributed by atoms with E-state index in [4.69, 9.17) is 5.11 Å². The van der Waals surface area contributed by atoms with Crippen LogP contribution < -0.4 is 5.32 Å². The number of carbonyl (C=O) groups is 2. The number of carbonyl (C=O) groups excluding carboxylic acids is 1. The number of hydrogen-bond donors (Lipinski definition) is 2. The van der Waals surface area contributed by atoms with E-state index in [9.17, 15) is 9.59 Å². The highest BCUT2D eigenvalue weighted by molar-refractivity contribution is 5.88. The van der Waals surface area contributed by atoms with E-state index in [2.05, 4.69) is 15.6 Å². The van der Waals surface area contributed by atoms with Crippen LogP contribution in [0.4, 0.5) is 0 Å². The molecule has 1 aromatic heterocycles. The first kappa shape index (κ1) is 12.9. The van der Waals surface area contributed by atoms with Gasteiger partial charge >= 0.3 is 5.97 Å². The number of aromatic carboxylic acids is 1. The Balaban J connectivity index is 2.38. The number of rotatable bonds is 5. The third-order valence-electron chi connectivity index (χ3n) is 1.82. The summed E-state index contributed by atoms with van der Waals surface area (Å²) in [4.78, 5) is 21.8. The average Bonchev–Trinajstić information content (AvgIpc) is 2.65. The molecule has 1 aromatic rings. The Bertz CT molecular complexity index is 446. The zero-order valence-corrected chi connectivity index (χ0v) is 9.67. The van der Waals surface area contributed by atoms with E-state index < -0.39 is 5.97 Å². The summed E-state index contributed by atoms with van der Waals surface area (Å²) in [6.07, 6.45) is 2.80. The monoisotopic (exact) mass is 238 g/mol. The maximum Gasteiger partial charge on any atom is 0.358 e. The molecule has 0 aliphatic heterocycles. The highest BCUT2D eigenvalue weighted by Crippen LogP contribution is 1.92. The summed E-state index contributed by atoms with van der Waals surface area (Å²) in [5.41, 5.74) is 0.803. The number of carboxylic acid groups (broad SMARTS) is 1. The maximum absolute atomic E-state index is 11.2. The maximum atomic E-state index is 11.2. The highest BCUT2D eigenvalue weighted by atomic mass is 16.4. The third-order valence-corrected chi connectivity index (χ3v) is 1.82. The number of aromatic nitrogens is 3. The predicted octanol–water partition coefficient (Wildman–Crippen LogP) is 0.0587. The Labute approximate surface area is 98.1 Å². The SMILES string of the molecule is CC(C)=CC(=O)NCCn1cc(C(=O)O)nn1. The van der Waals surface area contributed by atoms with Crippen molar-refractivity contribution in [2.75, 3.05) is 6.54 Å². The molecule has 92 valence electrons. The molecule has 17 heavy (non-hydrogen) atoms. The summed E-state index contributed by atoms with van der Waals surface area (Å²) in [6, 6.07) is 0. The first-order chi connectivity index (χ1) is 7.99. The molecule has 0 fully saturated rings. The first-order valence-electron chi connectivity index (χ1n) is 5.05. The topological polar surface area (TPSA) is 97.1 Å². The van der Waals surface area contributed by atoms with Gasteiger partial charge in [0.15, 0.2) is 5.69 Å². The number of allylic oxidation sites excluding steroid dienone is 1. The van der Waals surface area contributed by atoms with Crippen LogP contribution in [0.3, 0.4) is 0 Å². The Morgan fingerprint density at radius 2 is 2.24 bits per heavy atom. The van der Waals surface area contributed by atoms with Crippen molar-refractivity contribution in [3.63, 3.8) is 0 Å². The third kappa shape index (κ3) is 4.45. The molecule has 7 nitrogen and oxygen atoms in total. The number of carboxylic acids is 1. The fraction of sp³-hybridized carbons (Fsp3) is 0.400. The van der Waals surface area contributed by atoms with E-state index >= 15 is 0 Å². The van der Waals surface area contributed by atoms with Crippen LogP contribution in [-0.4, -0.2) is 38.5 Å². The highest BCUT2D eigenvalue weighted by Gasteiger charge is 2.07. The summed E-state index contributed by atoms with van der Waals surface area (Å²) in [7, 11) is 0. The Kier molecular flexibility index (Phi) is 4.38. The van der Waals surface area contributed by atoms with Crippen molar-refractivity contribution >= 4 is 11.9 Å². The number of hydrogen-bond acceptors (Lipinski definition) is 4. The molecule has 0 atom stereocenters. The van der Waals surface area contributed by atoms with Crippen LogP contribution in [0.1, 0.15) is 24.3 Å². The Morgan fingerprint density at radius 3 is 2.76 bits per heavy atom. The predicted molar refractivity (Wildman–Crippen MR) is 59.4 cm³/mol. The van der Waals surface area contributed by atoms with Crippen molar-refractivity contribution in [2.24, 2.45) is 0 Å². The van der Waals surface area contributed by atoms with Gasteiger partial charge in [0.1, 0.15) is 0 Å². The second kappa shape index (κ2) is 5.78. The minimum atomic E-state index is -1.12. The van der Waals surface area contributed by atoms with Gasteiger partial charge in [-0.3, -0.25) is 4.79 Å². The van der Waals surface area contributed by atoms with Crippen LogP contribution in [0.15, 0.2) is 17.8 Å². The van der Waals surface area contributed by atoms with E-state index in [1.807, 2.05) is 13.8 Å². The lowest BCUT2D eigenvalue weighted by Crippen LogP contribution is -2.25. The van der Waals surface area contributed by atoms with E-state index in [0.29, 0.717) is 13.1 Å². The molecular formula is C10H14N4O3. The quantitative estimate of drug-likeness (QED) is 0.707. The van der Waals surface area contributed by atoms with Gasteiger partial charge < -0.3 is 10.4 Å². The summed E-state index contributed by atoms with van der Waals surface area (Å²) in [5, 5.41) is 18.3. The number of nitrogens with one attached hydrogen (secondary N) is 1. The molecular weight excluding hydrogens is 224 g/mol. The smallest absolute Gasteiger partial charge is 0.358 e. The molecule has 0 radical (unpaired) electrons. The molecule has 0 saturated heterocycles. The fourth-order valence-electron chi connectivity index (χ4n) is 1.11. The zero-order chi connectivity index (χ0) is 12.8. The summed E-state index contributed by atoms with van der Waals surface area (Å²) >= 11 is 0. The van der Waals surface area contributed by atoms with Crippen LogP contribution in [0.5, 0.6) is 0 Å². The number of nitrogens with zero attached hydrogens (tertiary/aromatic N) is 3. The van der Waals surface area contributed by atoms with Gasteiger partial charge in [0.05, 0.1) is 12.7 Å². The van der Waals surface area contributed by atoms with E-state index in [0.717, 1.165) is 5.57 Å². The molecule has 0 unspecified atom stereocenters. The molecule has 1 rings (SSSR count). The van der Waals surface area contributed by atoms with Crippen LogP contribution in [0, 0.1) is 0 Å². The van der Waals surface area contributed by atoms with Crippen LogP contribution >= 0.6 is 0 Å². The van der Waals surface area contributed by atoms with Gasteiger partial charge in [-0.05, 0) is 13.8 Å². The second-order valence-corrected chi connectivity index (χ2v) is 3.68. The van der Waals surface area contributed by atoms with Gasteiger partial charge in [-0.15, -0.1) is 5.10 Å². The lowest BCUT2D eigenvalue weighted by Gasteiger charge is -2.01. The normalized spacial score (nSPS) is 9.76. The minimum absolute atomic E-state index is 0.111. The second-order valence-electron chi connectivity index (χ2n) is 3.68. The van der Waals surface area contributed by atoms with Gasteiger partial charge in [0.2, 0.25) is 5.91 Å². The van der Waals surface area contributed by atoms with Gasteiger partial charge in [-0.25, -0.2) is 9.48 Å². The van der Waals surface area contributed by atoms with E-state index in [-0.39, 0.29) is 11.6 Å². The van der Waals surface area contributed by atoms with Crippen molar-refractivity contribution in [3.8, 4) is 0 Å². The largest absolute Gasteiger partial charge is 0.476 e. The molecule has 0 aliphatic carbocycles. The molecule has 0 aliphatic rings. The lowest BCUT2D eigenvalue weighted by molar-refractivity contribution is -0.116. The van der Waals surface area contributed by atoms with Crippen LogP contribution in [-0.2, 0) is 11.3 Å². The first-order valence-corrected chi connectivity index (χ1v) is 5.05. The Morgan fingerprint density at radius 1 is 1.53 bits per heavy atom. The zero-order valence-electron chi connectivity index (χ0n) is 9.67. The van der Waals surface area contributed by atoms with Crippen LogP contribution in [0.25, 0.3) is 0 Å². The molecule has 0 bridgehead atoms. The molecule has 1 amide bonds. The van der Waals surface area contributed by atoms with Gasteiger partial charge in [0, 0.05) is 12.6 Å². The molecule has 0 aromatic carbocycles. The van der Waals surface area contributed by atoms with E-state index in [1.165, 1.54) is 17.0 Å². The van der Waals surface area contributed by atoms with Crippen molar-refractivity contribution in [1.29, 1.82) is 0 Å². The molecule has 0 spiro atoms. The van der Waals surface area contributed by atoms with Crippen molar-refractivity contribution < 1.29 is 14.7 Å². The summed E-state index contributed by atoms with van der Waals surface area (Å²) in [6.45, 7) is 4.40. The van der Waals surface area contributed by atoms with Gasteiger partial charge in [-0.2, -0.15) is 0 Å². The minimum Gasteiger partial charge on any atom is -0.476 e. The lowest BCUT2D eigenvalue weighted by atomic mass is 10.3. The summed E-state index contributed by atoms with van der Waals surface area (Å²) < 4.78 is 1.37. The molecule has 2 N–H and O–H groups in total. The molecule has 7 heteroatoms. The van der Waals surface area contributed by atoms with E-state index in [1.54, 1.807) is 0 Å². The average molecular weight is 238 g/mol. The van der Waals surface area contributed by atoms with Gasteiger partial charge in [0.25, 0.3) is 0 Å². The van der Waals surface area contributed by atoms with Crippen molar-refractivity contribution in [1.82, 2.24) is 20.3 Å². The standard InChI is InChI=1S/C10H14N4O3/c1-7(2)5-9(15)11-3-4-14-6-8(10(16)17)12-13-14/h5-6H,3-4H2,1-2H3,(H,11,15)(H,16,17). The van der Waals surface area contributed by atoms with Crippen molar-refractivity contribution in [2.45, 2.75) is 20.4 Å². The van der Waals surface area contributed by atoms with Crippen molar-refractivity contribution in [3.05, 3.63) is 23.5 Å². The van der Waals surface area contributed by atoms with Crippen LogP contribution in [0.2, 0.25) is 0 Å². The van der Waals surface area contributed by atoms with Gasteiger partial charge in [-0.1, -0.05) is 10.8 Å². The number of amides is 1.